The maximum absolute atomic E-state index is 11.9. The number of guanidine groups is 1. The molecule has 6 nitrogen and oxygen atoms in total. The van der Waals surface area contributed by atoms with Crippen LogP contribution in [0.15, 0.2) is 29.3 Å². The van der Waals surface area contributed by atoms with Crippen LogP contribution < -0.4 is 5.32 Å². The minimum atomic E-state index is 0. The fourth-order valence-corrected chi connectivity index (χ4v) is 2.85. The van der Waals surface area contributed by atoms with Crippen LogP contribution in [-0.2, 0) is 11.3 Å². The largest absolute Gasteiger partial charge is 0.381 e. The van der Waals surface area contributed by atoms with Gasteiger partial charge < -0.3 is 19.9 Å². The SMILES string of the molecule is CCNC(=NCc1ccc(C(=O)N(C)C)cc1)N(C)CC1CCOC1.I. The molecule has 1 N–H and O–H groups in total. The van der Waals surface area contributed by atoms with E-state index in [4.69, 9.17) is 9.73 Å². The Morgan fingerprint density at radius 2 is 1.96 bits per heavy atom. The van der Waals surface area contributed by atoms with E-state index in [-0.39, 0.29) is 29.9 Å². The molecule has 0 aromatic heterocycles. The number of benzene rings is 1. The molecular weight excluding hydrogens is 443 g/mol. The van der Waals surface area contributed by atoms with Crippen molar-refractivity contribution in [1.29, 1.82) is 0 Å². The summed E-state index contributed by atoms with van der Waals surface area (Å²) in [6.07, 6.45) is 1.12. The number of carbonyl (C=O) groups excluding carboxylic acids is 1. The first kappa shape index (κ1) is 22.7. The quantitative estimate of drug-likeness (QED) is 0.391. The van der Waals surface area contributed by atoms with Crippen molar-refractivity contribution < 1.29 is 9.53 Å². The van der Waals surface area contributed by atoms with Gasteiger partial charge in [0.25, 0.3) is 5.91 Å². The zero-order valence-corrected chi connectivity index (χ0v) is 18.5. The number of halogens is 1. The highest BCUT2D eigenvalue weighted by Gasteiger charge is 2.19. The molecule has 0 radical (unpaired) electrons. The van der Waals surface area contributed by atoms with Gasteiger partial charge in [-0.2, -0.15) is 0 Å². The van der Waals surface area contributed by atoms with Crippen LogP contribution >= 0.6 is 24.0 Å². The first-order chi connectivity index (χ1) is 12.0. The number of hydrogen-bond donors (Lipinski definition) is 1. The summed E-state index contributed by atoms with van der Waals surface area (Å²) in [7, 11) is 5.58. The molecule has 1 fully saturated rings. The fraction of sp³-hybridized carbons (Fsp3) is 0.579. The Morgan fingerprint density at radius 3 is 2.50 bits per heavy atom. The maximum atomic E-state index is 11.9. The third-order valence-electron chi connectivity index (χ3n) is 4.27. The van der Waals surface area contributed by atoms with Crippen molar-refractivity contribution in [3.63, 3.8) is 0 Å². The number of rotatable bonds is 6. The molecule has 1 atom stereocenters. The first-order valence-corrected chi connectivity index (χ1v) is 8.89. The topological polar surface area (TPSA) is 57.2 Å². The summed E-state index contributed by atoms with van der Waals surface area (Å²) in [5.41, 5.74) is 1.78. The fourth-order valence-electron chi connectivity index (χ4n) is 2.85. The van der Waals surface area contributed by atoms with Crippen molar-refractivity contribution in [3.8, 4) is 0 Å². The average molecular weight is 474 g/mol. The highest BCUT2D eigenvalue weighted by atomic mass is 127. The average Bonchev–Trinajstić information content (AvgIpc) is 3.11. The lowest BCUT2D eigenvalue weighted by Crippen LogP contribution is -2.41. The van der Waals surface area contributed by atoms with Crippen LogP contribution in [0, 0.1) is 5.92 Å². The molecule has 1 aliphatic rings. The predicted molar refractivity (Wildman–Crippen MR) is 116 cm³/mol. The molecular formula is C19H31IN4O2. The molecule has 1 amide bonds. The van der Waals surface area contributed by atoms with Crippen molar-refractivity contribution in [3.05, 3.63) is 35.4 Å². The predicted octanol–water partition coefficient (Wildman–Crippen LogP) is 2.44. The normalized spacial score (nSPS) is 16.8. The number of hydrogen-bond acceptors (Lipinski definition) is 3. The zero-order chi connectivity index (χ0) is 18.2. The number of amides is 1. The monoisotopic (exact) mass is 474 g/mol. The Labute approximate surface area is 174 Å². The van der Waals surface area contributed by atoms with Gasteiger partial charge in [0.05, 0.1) is 13.2 Å². The lowest BCUT2D eigenvalue weighted by atomic mass is 10.1. The molecule has 2 rings (SSSR count). The maximum Gasteiger partial charge on any atom is 0.253 e. The Morgan fingerprint density at radius 1 is 1.27 bits per heavy atom. The summed E-state index contributed by atoms with van der Waals surface area (Å²) in [6, 6.07) is 7.66. The van der Waals surface area contributed by atoms with Crippen molar-refractivity contribution >= 4 is 35.8 Å². The van der Waals surface area contributed by atoms with Crippen molar-refractivity contribution in [2.75, 3.05) is 47.4 Å². The van der Waals surface area contributed by atoms with Crippen molar-refractivity contribution in [1.82, 2.24) is 15.1 Å². The number of nitrogens with zero attached hydrogens (tertiary/aromatic N) is 3. The lowest BCUT2D eigenvalue weighted by Gasteiger charge is -2.24. The molecule has 1 aliphatic heterocycles. The van der Waals surface area contributed by atoms with Gasteiger partial charge in [-0.1, -0.05) is 12.1 Å². The van der Waals surface area contributed by atoms with Gasteiger partial charge in [0, 0.05) is 52.3 Å². The minimum Gasteiger partial charge on any atom is -0.381 e. The highest BCUT2D eigenvalue weighted by Crippen LogP contribution is 2.13. The summed E-state index contributed by atoms with van der Waals surface area (Å²) in [6.45, 7) is 6.14. The van der Waals surface area contributed by atoms with E-state index >= 15 is 0 Å². The van der Waals surface area contributed by atoms with E-state index in [0.29, 0.717) is 18.0 Å². The summed E-state index contributed by atoms with van der Waals surface area (Å²) < 4.78 is 5.46. The molecule has 1 aromatic rings. The van der Waals surface area contributed by atoms with Crippen LogP contribution in [0.5, 0.6) is 0 Å². The molecule has 1 unspecified atom stereocenters. The van der Waals surface area contributed by atoms with E-state index in [1.54, 1.807) is 19.0 Å². The van der Waals surface area contributed by atoms with E-state index in [0.717, 1.165) is 44.2 Å². The van der Waals surface area contributed by atoms with Crippen LogP contribution in [0.4, 0.5) is 0 Å². The van der Waals surface area contributed by atoms with Crippen LogP contribution in [0.3, 0.4) is 0 Å². The summed E-state index contributed by atoms with van der Waals surface area (Å²) >= 11 is 0. The van der Waals surface area contributed by atoms with Gasteiger partial charge in [0.15, 0.2) is 5.96 Å². The molecule has 0 bridgehead atoms. The van der Waals surface area contributed by atoms with Gasteiger partial charge >= 0.3 is 0 Å². The van der Waals surface area contributed by atoms with Crippen LogP contribution in [-0.4, -0.2) is 69.1 Å². The van der Waals surface area contributed by atoms with Crippen molar-refractivity contribution in [2.24, 2.45) is 10.9 Å². The second kappa shape index (κ2) is 11.4. The van der Waals surface area contributed by atoms with E-state index in [9.17, 15) is 4.79 Å². The van der Waals surface area contributed by atoms with Crippen molar-refractivity contribution in [2.45, 2.75) is 19.9 Å². The minimum absolute atomic E-state index is 0. The highest BCUT2D eigenvalue weighted by molar-refractivity contribution is 14.0. The second-order valence-corrected chi connectivity index (χ2v) is 6.68. The Balaban J connectivity index is 0.00000338. The molecule has 0 saturated carbocycles. The smallest absolute Gasteiger partial charge is 0.253 e. The number of aliphatic imine (C=N–C) groups is 1. The van der Waals surface area contributed by atoms with Gasteiger partial charge in [-0.3, -0.25) is 4.79 Å². The number of ether oxygens (including phenoxy) is 1. The van der Waals surface area contributed by atoms with E-state index in [1.165, 1.54) is 0 Å². The third kappa shape index (κ3) is 6.75. The van der Waals surface area contributed by atoms with Gasteiger partial charge in [0.2, 0.25) is 0 Å². The van der Waals surface area contributed by atoms with Gasteiger partial charge in [-0.05, 0) is 31.0 Å². The van der Waals surface area contributed by atoms with E-state index in [1.807, 2.05) is 24.3 Å². The van der Waals surface area contributed by atoms with Gasteiger partial charge in [0.1, 0.15) is 0 Å². The molecule has 0 spiro atoms. The summed E-state index contributed by atoms with van der Waals surface area (Å²) in [5, 5.41) is 3.35. The van der Waals surface area contributed by atoms with Crippen LogP contribution in [0.25, 0.3) is 0 Å². The molecule has 1 saturated heterocycles. The molecule has 146 valence electrons. The summed E-state index contributed by atoms with van der Waals surface area (Å²) in [4.78, 5) is 20.4. The molecule has 0 aliphatic carbocycles. The zero-order valence-electron chi connectivity index (χ0n) is 16.2. The molecule has 26 heavy (non-hydrogen) atoms. The standard InChI is InChI=1S/C19H30N4O2.HI/c1-5-20-19(23(4)13-16-10-11-25-14-16)21-12-15-6-8-17(9-7-15)18(24)22(2)3;/h6-9,16H,5,10-14H2,1-4H3,(H,20,21);1H. The molecule has 1 heterocycles. The Kier molecular flexibility index (Phi) is 9.93. The van der Waals surface area contributed by atoms with Crippen LogP contribution in [0.1, 0.15) is 29.3 Å². The first-order valence-electron chi connectivity index (χ1n) is 8.89. The van der Waals surface area contributed by atoms with E-state index < -0.39 is 0 Å². The van der Waals surface area contributed by atoms with E-state index in [2.05, 4.69) is 24.2 Å². The Hall–Kier alpha value is -1.35. The molecule has 7 heteroatoms. The lowest BCUT2D eigenvalue weighted by molar-refractivity contribution is 0.0827. The number of carbonyl (C=O) groups is 1. The second-order valence-electron chi connectivity index (χ2n) is 6.68. The van der Waals surface area contributed by atoms with Gasteiger partial charge in [-0.25, -0.2) is 4.99 Å². The summed E-state index contributed by atoms with van der Waals surface area (Å²) in [5.74, 6) is 1.50. The number of nitrogens with one attached hydrogen (secondary N) is 1. The Bertz CT molecular complexity index is 584. The van der Waals surface area contributed by atoms with Gasteiger partial charge in [-0.15, -0.1) is 24.0 Å². The third-order valence-corrected chi connectivity index (χ3v) is 4.27. The molecule has 1 aromatic carbocycles. The van der Waals surface area contributed by atoms with Crippen LogP contribution in [0.2, 0.25) is 0 Å².